The van der Waals surface area contributed by atoms with Gasteiger partial charge in [-0.15, -0.1) is 0 Å². The van der Waals surface area contributed by atoms with Gasteiger partial charge in [-0.2, -0.15) is 0 Å². The summed E-state index contributed by atoms with van der Waals surface area (Å²) in [6.45, 7) is 1.77. The SMILES string of the molecule is CN1CCCN(c2nccnc2C(N)=S)CC1=O. The lowest BCUT2D eigenvalue weighted by Gasteiger charge is -2.22. The van der Waals surface area contributed by atoms with Crippen LogP contribution in [0, 0.1) is 0 Å². The number of likely N-dealkylation sites (N-methyl/N-ethyl adjacent to an activating group) is 1. The van der Waals surface area contributed by atoms with Crippen molar-refractivity contribution >= 4 is 28.9 Å². The first-order valence-corrected chi connectivity index (χ1v) is 6.10. The van der Waals surface area contributed by atoms with Crippen molar-refractivity contribution in [1.82, 2.24) is 14.9 Å². The first-order valence-electron chi connectivity index (χ1n) is 5.69. The molecule has 2 rings (SSSR count). The minimum absolute atomic E-state index is 0.0621. The van der Waals surface area contributed by atoms with E-state index in [2.05, 4.69) is 9.97 Å². The van der Waals surface area contributed by atoms with E-state index in [9.17, 15) is 4.79 Å². The van der Waals surface area contributed by atoms with E-state index in [1.165, 1.54) is 0 Å². The second kappa shape index (κ2) is 5.26. The first kappa shape index (κ1) is 12.7. The van der Waals surface area contributed by atoms with Gasteiger partial charge in [0.15, 0.2) is 5.82 Å². The van der Waals surface area contributed by atoms with Gasteiger partial charge in [0.25, 0.3) is 0 Å². The summed E-state index contributed by atoms with van der Waals surface area (Å²) < 4.78 is 0. The lowest BCUT2D eigenvalue weighted by molar-refractivity contribution is -0.127. The summed E-state index contributed by atoms with van der Waals surface area (Å²) in [7, 11) is 1.80. The standard InChI is InChI=1S/C11H15N5OS/c1-15-5-2-6-16(7-8(15)17)11-9(10(12)18)13-3-4-14-11/h3-4H,2,5-7H2,1H3,(H2,12,18). The molecule has 6 nitrogen and oxygen atoms in total. The van der Waals surface area contributed by atoms with Gasteiger partial charge in [-0.1, -0.05) is 12.2 Å². The highest BCUT2D eigenvalue weighted by atomic mass is 32.1. The van der Waals surface area contributed by atoms with Gasteiger partial charge in [0.2, 0.25) is 5.91 Å². The molecule has 0 bridgehead atoms. The molecule has 2 heterocycles. The van der Waals surface area contributed by atoms with Crippen LogP contribution in [0.25, 0.3) is 0 Å². The van der Waals surface area contributed by atoms with Crippen LogP contribution >= 0.6 is 12.2 Å². The Balaban J connectivity index is 2.31. The summed E-state index contributed by atoms with van der Waals surface area (Å²) in [4.78, 5) is 24.0. The van der Waals surface area contributed by atoms with Crippen LogP contribution in [0.15, 0.2) is 12.4 Å². The monoisotopic (exact) mass is 265 g/mol. The van der Waals surface area contributed by atoms with Crippen molar-refractivity contribution in [2.24, 2.45) is 5.73 Å². The molecule has 0 aromatic carbocycles. The molecule has 0 atom stereocenters. The van der Waals surface area contributed by atoms with Crippen LogP contribution in [0.5, 0.6) is 0 Å². The molecule has 2 N–H and O–H groups in total. The van der Waals surface area contributed by atoms with Crippen molar-refractivity contribution in [2.45, 2.75) is 6.42 Å². The third-order valence-electron chi connectivity index (χ3n) is 2.89. The molecule has 1 fully saturated rings. The molecular weight excluding hydrogens is 250 g/mol. The van der Waals surface area contributed by atoms with Crippen LogP contribution in [0.2, 0.25) is 0 Å². The molecule has 0 unspecified atom stereocenters. The zero-order valence-corrected chi connectivity index (χ0v) is 11.0. The number of anilines is 1. The number of nitrogens with two attached hydrogens (primary N) is 1. The summed E-state index contributed by atoms with van der Waals surface area (Å²) in [5.41, 5.74) is 6.11. The quantitative estimate of drug-likeness (QED) is 0.745. The third-order valence-corrected chi connectivity index (χ3v) is 3.08. The third kappa shape index (κ3) is 2.56. The van der Waals surface area contributed by atoms with Gasteiger partial charge in [0, 0.05) is 32.5 Å². The molecule has 0 radical (unpaired) electrons. The topological polar surface area (TPSA) is 75.3 Å². The van der Waals surface area contributed by atoms with Gasteiger partial charge in [-0.05, 0) is 6.42 Å². The first-order chi connectivity index (χ1) is 8.59. The van der Waals surface area contributed by atoms with E-state index in [1.807, 2.05) is 4.90 Å². The summed E-state index contributed by atoms with van der Waals surface area (Å²) in [5.74, 6) is 0.653. The number of aromatic nitrogens is 2. The van der Waals surface area contributed by atoms with Crippen molar-refractivity contribution in [1.29, 1.82) is 0 Å². The number of nitrogens with zero attached hydrogens (tertiary/aromatic N) is 4. The molecule has 1 saturated heterocycles. The maximum absolute atomic E-state index is 11.9. The number of carbonyl (C=O) groups is 1. The Kier molecular flexibility index (Phi) is 3.71. The summed E-state index contributed by atoms with van der Waals surface area (Å²) >= 11 is 4.96. The fraction of sp³-hybridized carbons (Fsp3) is 0.455. The fourth-order valence-corrected chi connectivity index (χ4v) is 2.05. The maximum atomic E-state index is 11.9. The smallest absolute Gasteiger partial charge is 0.241 e. The minimum atomic E-state index is 0.0621. The zero-order chi connectivity index (χ0) is 13.1. The van der Waals surface area contributed by atoms with Gasteiger partial charge >= 0.3 is 0 Å². The van der Waals surface area contributed by atoms with E-state index in [0.717, 1.165) is 19.5 Å². The van der Waals surface area contributed by atoms with Gasteiger partial charge in [0.05, 0.1) is 6.54 Å². The van der Waals surface area contributed by atoms with Crippen molar-refractivity contribution in [3.63, 3.8) is 0 Å². The highest BCUT2D eigenvalue weighted by Gasteiger charge is 2.22. The zero-order valence-electron chi connectivity index (χ0n) is 10.2. The highest BCUT2D eigenvalue weighted by molar-refractivity contribution is 7.80. The molecule has 18 heavy (non-hydrogen) atoms. The van der Waals surface area contributed by atoms with Gasteiger partial charge in [0.1, 0.15) is 10.7 Å². The van der Waals surface area contributed by atoms with E-state index >= 15 is 0 Å². The Hall–Kier alpha value is -1.76. The van der Waals surface area contributed by atoms with Crippen molar-refractivity contribution in [3.8, 4) is 0 Å². The molecule has 1 amide bonds. The van der Waals surface area contributed by atoms with Crippen LogP contribution in [-0.4, -0.2) is 52.4 Å². The van der Waals surface area contributed by atoms with Crippen LogP contribution in [0.3, 0.4) is 0 Å². The average Bonchev–Trinajstić information content (AvgIpc) is 2.52. The molecule has 0 saturated carbocycles. The highest BCUT2D eigenvalue weighted by Crippen LogP contribution is 2.17. The Morgan fingerprint density at radius 1 is 1.39 bits per heavy atom. The molecule has 0 spiro atoms. The Morgan fingerprint density at radius 3 is 2.83 bits per heavy atom. The van der Waals surface area contributed by atoms with Gasteiger partial charge < -0.3 is 15.5 Å². The van der Waals surface area contributed by atoms with E-state index in [1.54, 1.807) is 24.3 Å². The molecule has 7 heteroatoms. The molecule has 0 aliphatic carbocycles. The molecular formula is C11H15N5OS. The Morgan fingerprint density at radius 2 is 2.11 bits per heavy atom. The Bertz CT molecular complexity index is 478. The normalized spacial score (nSPS) is 16.6. The summed E-state index contributed by atoms with van der Waals surface area (Å²) in [5, 5.41) is 0. The number of amides is 1. The van der Waals surface area contributed by atoms with Crippen LogP contribution in [0.4, 0.5) is 5.82 Å². The van der Waals surface area contributed by atoms with Gasteiger partial charge in [-0.25, -0.2) is 9.97 Å². The van der Waals surface area contributed by atoms with Crippen LogP contribution < -0.4 is 10.6 Å². The lowest BCUT2D eigenvalue weighted by Crippen LogP contribution is -2.36. The van der Waals surface area contributed by atoms with Crippen LogP contribution in [-0.2, 0) is 4.79 Å². The largest absolute Gasteiger partial charge is 0.388 e. The molecule has 1 aliphatic rings. The number of carbonyl (C=O) groups excluding carboxylic acids is 1. The predicted octanol–water partition coefficient (Wildman–Crippen LogP) is -0.221. The second-order valence-electron chi connectivity index (χ2n) is 4.18. The van der Waals surface area contributed by atoms with E-state index in [-0.39, 0.29) is 17.4 Å². The van der Waals surface area contributed by atoms with E-state index in [4.69, 9.17) is 18.0 Å². The molecule has 1 aromatic rings. The predicted molar refractivity (Wildman–Crippen MR) is 72.4 cm³/mol. The maximum Gasteiger partial charge on any atom is 0.241 e. The summed E-state index contributed by atoms with van der Waals surface area (Å²) in [6.07, 6.45) is 4.01. The number of rotatable bonds is 2. The number of hydrogen-bond donors (Lipinski definition) is 1. The lowest BCUT2D eigenvalue weighted by atomic mass is 10.3. The minimum Gasteiger partial charge on any atom is -0.388 e. The number of thiocarbonyl (C=S) groups is 1. The average molecular weight is 265 g/mol. The van der Waals surface area contributed by atoms with Crippen LogP contribution in [0.1, 0.15) is 12.1 Å². The van der Waals surface area contributed by atoms with Crippen molar-refractivity contribution in [2.75, 3.05) is 31.6 Å². The Labute approximate surface area is 111 Å². The number of hydrogen-bond acceptors (Lipinski definition) is 5. The fourth-order valence-electron chi connectivity index (χ4n) is 1.90. The van der Waals surface area contributed by atoms with Gasteiger partial charge in [-0.3, -0.25) is 4.79 Å². The second-order valence-corrected chi connectivity index (χ2v) is 4.62. The molecule has 1 aliphatic heterocycles. The summed E-state index contributed by atoms with van der Waals surface area (Å²) in [6, 6.07) is 0. The molecule has 1 aromatic heterocycles. The van der Waals surface area contributed by atoms with Crippen molar-refractivity contribution < 1.29 is 4.79 Å². The van der Waals surface area contributed by atoms with E-state index in [0.29, 0.717) is 11.5 Å². The molecule has 96 valence electrons. The van der Waals surface area contributed by atoms with Crippen molar-refractivity contribution in [3.05, 3.63) is 18.1 Å². The van der Waals surface area contributed by atoms with E-state index < -0.39 is 0 Å².